The number of carbonyl (C=O) groups excluding carboxylic acids is 1. The first-order chi connectivity index (χ1) is 7.44. The summed E-state index contributed by atoms with van der Waals surface area (Å²) in [6, 6.07) is 1.28. The van der Waals surface area contributed by atoms with Crippen LogP contribution in [0.15, 0.2) is 15.0 Å². The van der Waals surface area contributed by atoms with Crippen molar-refractivity contribution in [2.45, 2.75) is 6.29 Å². The molecule has 16 heavy (non-hydrogen) atoms. The fraction of sp³-hybridized carbons (Fsp3) is 0.125. The minimum Gasteiger partial charge on any atom is -0.395 e. The van der Waals surface area contributed by atoms with Crippen molar-refractivity contribution in [2.24, 2.45) is 0 Å². The summed E-state index contributed by atoms with van der Waals surface area (Å²) < 4.78 is 34.7. The molecule has 2 rings (SSSR count). The largest absolute Gasteiger partial charge is 0.586 e. The predicted octanol–water partition coefficient (Wildman–Crippen LogP) is 3.10. The topological polar surface area (TPSA) is 47.6 Å². The minimum absolute atomic E-state index is 0.111. The molecule has 1 aromatic rings. The van der Waals surface area contributed by atoms with Crippen LogP contribution in [0.25, 0.3) is 0 Å². The number of nitrogens with one attached hydrogen (secondary N) is 1. The van der Waals surface area contributed by atoms with Crippen LogP contribution in [-0.4, -0.2) is 12.7 Å². The van der Waals surface area contributed by atoms with Gasteiger partial charge in [-0.15, -0.1) is 8.78 Å². The molecule has 0 bridgehead atoms. The molecule has 0 aliphatic carbocycles. The van der Waals surface area contributed by atoms with Crippen molar-refractivity contribution in [1.82, 2.24) is 0 Å². The number of hydrogen-bond donors (Lipinski definition) is 1. The average molecular weight is 359 g/mol. The third-order valence-corrected chi connectivity index (χ3v) is 3.17. The van der Waals surface area contributed by atoms with Crippen LogP contribution >= 0.6 is 31.9 Å². The Morgan fingerprint density at radius 3 is 2.69 bits per heavy atom. The number of rotatable bonds is 2. The molecule has 1 amide bonds. The van der Waals surface area contributed by atoms with Gasteiger partial charge in [0.2, 0.25) is 6.41 Å². The quantitative estimate of drug-likeness (QED) is 0.826. The third kappa shape index (κ3) is 1.86. The third-order valence-electron chi connectivity index (χ3n) is 1.79. The number of alkyl halides is 2. The maximum absolute atomic E-state index is 12.8. The van der Waals surface area contributed by atoms with Crippen molar-refractivity contribution in [3.05, 3.63) is 15.0 Å². The molecule has 0 saturated carbocycles. The van der Waals surface area contributed by atoms with Gasteiger partial charge in [0.05, 0.1) is 10.2 Å². The number of benzene rings is 1. The van der Waals surface area contributed by atoms with E-state index >= 15 is 0 Å². The van der Waals surface area contributed by atoms with E-state index in [9.17, 15) is 13.6 Å². The number of amides is 1. The highest BCUT2D eigenvalue weighted by molar-refractivity contribution is 9.11. The zero-order chi connectivity index (χ0) is 11.9. The maximum Gasteiger partial charge on any atom is 0.586 e. The molecule has 0 unspecified atom stereocenters. The van der Waals surface area contributed by atoms with E-state index in [0.29, 0.717) is 10.9 Å². The second-order valence-corrected chi connectivity index (χ2v) is 4.45. The van der Waals surface area contributed by atoms with Crippen molar-refractivity contribution in [3.63, 3.8) is 0 Å². The summed E-state index contributed by atoms with van der Waals surface area (Å²) in [5.41, 5.74) is 0.287. The van der Waals surface area contributed by atoms with E-state index < -0.39 is 6.29 Å². The summed E-state index contributed by atoms with van der Waals surface area (Å²) in [7, 11) is 0. The van der Waals surface area contributed by atoms with Gasteiger partial charge in [0.15, 0.2) is 11.5 Å². The Morgan fingerprint density at radius 1 is 1.38 bits per heavy atom. The monoisotopic (exact) mass is 357 g/mol. The molecule has 1 aliphatic rings. The molecule has 1 aliphatic heterocycles. The predicted molar refractivity (Wildman–Crippen MR) is 57.7 cm³/mol. The van der Waals surface area contributed by atoms with Gasteiger partial charge < -0.3 is 14.8 Å². The molecule has 1 aromatic carbocycles. The highest BCUT2D eigenvalue weighted by Gasteiger charge is 2.45. The van der Waals surface area contributed by atoms with Crippen molar-refractivity contribution in [1.29, 1.82) is 0 Å². The van der Waals surface area contributed by atoms with Crippen LogP contribution < -0.4 is 14.8 Å². The number of carbonyl (C=O) groups is 1. The van der Waals surface area contributed by atoms with Crippen molar-refractivity contribution in [2.75, 3.05) is 5.32 Å². The zero-order valence-corrected chi connectivity index (χ0v) is 10.6. The second kappa shape index (κ2) is 3.85. The Morgan fingerprint density at radius 2 is 2.06 bits per heavy atom. The summed E-state index contributed by atoms with van der Waals surface area (Å²) in [5.74, 6) is -0.266. The lowest BCUT2D eigenvalue weighted by atomic mass is 10.3. The molecule has 0 atom stereocenters. The Bertz CT molecular complexity index is 467. The summed E-state index contributed by atoms with van der Waals surface area (Å²) in [5, 5.41) is 2.35. The van der Waals surface area contributed by atoms with Gasteiger partial charge in [0.25, 0.3) is 0 Å². The van der Waals surface area contributed by atoms with Crippen molar-refractivity contribution in [3.8, 4) is 11.5 Å². The number of hydrogen-bond acceptors (Lipinski definition) is 3. The van der Waals surface area contributed by atoms with Crippen LogP contribution in [0.2, 0.25) is 0 Å². The molecule has 4 nitrogen and oxygen atoms in total. The van der Waals surface area contributed by atoms with Crippen LogP contribution in [0.1, 0.15) is 0 Å². The van der Waals surface area contributed by atoms with Gasteiger partial charge in [-0.2, -0.15) is 0 Å². The number of ether oxygens (including phenoxy) is 2. The fourth-order valence-electron chi connectivity index (χ4n) is 1.21. The lowest BCUT2D eigenvalue weighted by molar-refractivity contribution is -0.286. The molecule has 0 radical (unpaired) electrons. The Labute approximate surface area is 105 Å². The van der Waals surface area contributed by atoms with Crippen LogP contribution in [0.3, 0.4) is 0 Å². The molecule has 1 N–H and O–H groups in total. The molecular weight excluding hydrogens is 356 g/mol. The first-order valence-electron chi connectivity index (χ1n) is 3.92. The number of halogens is 4. The maximum atomic E-state index is 12.8. The Kier molecular flexibility index (Phi) is 2.79. The average Bonchev–Trinajstić information content (AvgIpc) is 2.48. The molecule has 1 heterocycles. The highest BCUT2D eigenvalue weighted by atomic mass is 79.9. The standard InChI is InChI=1S/C8H3Br2F2NO3/c9-3-1-4-7(16-8(11,12)15-4)5(10)6(3)13-2-14/h1-2H,(H,13,14). The number of anilines is 1. The van der Waals surface area contributed by atoms with E-state index in [2.05, 4.69) is 46.7 Å². The van der Waals surface area contributed by atoms with Gasteiger partial charge in [0.1, 0.15) is 0 Å². The van der Waals surface area contributed by atoms with Gasteiger partial charge >= 0.3 is 6.29 Å². The summed E-state index contributed by atoms with van der Waals surface area (Å²) in [6.07, 6.45) is -3.27. The minimum atomic E-state index is -3.69. The summed E-state index contributed by atoms with van der Waals surface area (Å²) in [6.45, 7) is 0. The van der Waals surface area contributed by atoms with Gasteiger partial charge in [-0.05, 0) is 31.9 Å². The first-order valence-corrected chi connectivity index (χ1v) is 5.51. The normalized spacial score (nSPS) is 16.0. The van der Waals surface area contributed by atoms with E-state index in [-0.39, 0.29) is 21.7 Å². The summed E-state index contributed by atoms with van der Waals surface area (Å²) in [4.78, 5) is 10.3. The first kappa shape index (κ1) is 11.6. The Balaban J connectivity index is 2.53. The van der Waals surface area contributed by atoms with E-state index in [1.54, 1.807) is 0 Å². The van der Waals surface area contributed by atoms with Gasteiger partial charge in [-0.1, -0.05) is 0 Å². The lowest BCUT2D eigenvalue weighted by Crippen LogP contribution is -2.26. The Hall–Kier alpha value is -0.890. The van der Waals surface area contributed by atoms with E-state index in [1.165, 1.54) is 6.07 Å². The fourth-order valence-corrected chi connectivity index (χ4v) is 2.60. The molecular formula is C8H3Br2F2NO3. The second-order valence-electron chi connectivity index (χ2n) is 2.80. The molecule has 0 spiro atoms. The van der Waals surface area contributed by atoms with Gasteiger partial charge in [-0.3, -0.25) is 4.79 Å². The molecule has 86 valence electrons. The lowest BCUT2D eigenvalue weighted by Gasteiger charge is -2.07. The van der Waals surface area contributed by atoms with Crippen LogP contribution in [0, 0.1) is 0 Å². The van der Waals surface area contributed by atoms with Crippen LogP contribution in [0.5, 0.6) is 11.5 Å². The zero-order valence-electron chi connectivity index (χ0n) is 7.39. The molecule has 8 heteroatoms. The van der Waals surface area contributed by atoms with Crippen LogP contribution in [0.4, 0.5) is 14.5 Å². The van der Waals surface area contributed by atoms with Gasteiger partial charge in [0, 0.05) is 10.5 Å². The van der Waals surface area contributed by atoms with Crippen LogP contribution in [-0.2, 0) is 4.79 Å². The van der Waals surface area contributed by atoms with E-state index in [4.69, 9.17) is 0 Å². The SMILES string of the molecule is O=CNc1c(Br)cc2c(c1Br)OC(F)(F)O2. The van der Waals surface area contributed by atoms with Gasteiger partial charge in [-0.25, -0.2) is 0 Å². The van der Waals surface area contributed by atoms with E-state index in [1.807, 2.05) is 0 Å². The van der Waals surface area contributed by atoms with Crippen molar-refractivity contribution >= 4 is 44.0 Å². The number of fused-ring (bicyclic) bond motifs is 1. The van der Waals surface area contributed by atoms with Crippen molar-refractivity contribution < 1.29 is 23.0 Å². The highest BCUT2D eigenvalue weighted by Crippen LogP contribution is 2.51. The molecule has 0 fully saturated rings. The molecule has 0 saturated heterocycles. The summed E-state index contributed by atoms with van der Waals surface area (Å²) >= 11 is 6.15. The van der Waals surface area contributed by atoms with E-state index in [0.717, 1.165) is 0 Å². The smallest absolute Gasteiger partial charge is 0.395 e. The molecule has 0 aromatic heterocycles.